The first kappa shape index (κ1) is 25.4. The van der Waals surface area contributed by atoms with Crippen LogP contribution in [0.4, 0.5) is 5.69 Å². The first-order valence-corrected chi connectivity index (χ1v) is 12.0. The molecule has 0 radical (unpaired) electrons. The van der Waals surface area contributed by atoms with Crippen LogP contribution in [0.3, 0.4) is 0 Å². The van der Waals surface area contributed by atoms with E-state index >= 15 is 0 Å². The van der Waals surface area contributed by atoms with Gasteiger partial charge in [-0.25, -0.2) is 19.9 Å². The quantitative estimate of drug-likeness (QED) is 0.272. The van der Waals surface area contributed by atoms with E-state index in [-0.39, 0.29) is 11.9 Å². The molecule has 0 aliphatic rings. The largest absolute Gasteiger partial charge is 0.493 e. The van der Waals surface area contributed by atoms with Crippen LogP contribution in [0.15, 0.2) is 73.7 Å². The number of benzene rings is 2. The van der Waals surface area contributed by atoms with E-state index in [1.807, 2.05) is 61.0 Å². The van der Waals surface area contributed by atoms with E-state index in [2.05, 4.69) is 31.8 Å². The lowest BCUT2D eigenvalue weighted by molar-refractivity contribution is -0.111. The SMILES string of the molecule is C=CC(=O)Nc1ccc(-c2c(-c3ccc(Oc4nccc(C)n4)c(OC)c3)c3c(OC)ncnc3n2C)cc1. The number of hydrogen-bond donors (Lipinski definition) is 1. The van der Waals surface area contributed by atoms with Crippen molar-refractivity contribution in [2.24, 2.45) is 7.05 Å². The summed E-state index contributed by atoms with van der Waals surface area (Å²) in [5.74, 6) is 1.13. The van der Waals surface area contributed by atoms with E-state index in [9.17, 15) is 4.79 Å². The Hall–Kier alpha value is -5.25. The molecule has 196 valence electrons. The number of nitrogens with one attached hydrogen (secondary N) is 1. The van der Waals surface area contributed by atoms with Crippen molar-refractivity contribution in [2.45, 2.75) is 6.92 Å². The molecule has 5 aromatic rings. The molecule has 0 fully saturated rings. The van der Waals surface area contributed by atoms with Gasteiger partial charge in [0, 0.05) is 30.2 Å². The molecule has 0 spiro atoms. The molecule has 1 N–H and O–H groups in total. The van der Waals surface area contributed by atoms with Crippen molar-refractivity contribution < 1.29 is 19.0 Å². The van der Waals surface area contributed by atoms with Crippen LogP contribution in [0.1, 0.15) is 5.69 Å². The summed E-state index contributed by atoms with van der Waals surface area (Å²) in [5, 5.41) is 3.52. The van der Waals surface area contributed by atoms with Gasteiger partial charge in [-0.1, -0.05) is 24.8 Å². The molecule has 0 saturated carbocycles. The second-order valence-corrected chi connectivity index (χ2v) is 8.58. The number of rotatable bonds is 8. The lowest BCUT2D eigenvalue weighted by Gasteiger charge is -2.13. The van der Waals surface area contributed by atoms with Crippen LogP contribution in [-0.4, -0.2) is 44.6 Å². The molecule has 39 heavy (non-hydrogen) atoms. The van der Waals surface area contributed by atoms with Gasteiger partial charge in [0.1, 0.15) is 12.0 Å². The lowest BCUT2D eigenvalue weighted by Crippen LogP contribution is -2.06. The van der Waals surface area contributed by atoms with Crippen molar-refractivity contribution >= 4 is 22.6 Å². The number of aromatic nitrogens is 5. The Morgan fingerprint density at radius 3 is 2.44 bits per heavy atom. The number of amides is 1. The minimum absolute atomic E-state index is 0.227. The van der Waals surface area contributed by atoms with Crippen LogP contribution in [0.2, 0.25) is 0 Å². The number of nitrogens with zero attached hydrogens (tertiary/aromatic N) is 5. The summed E-state index contributed by atoms with van der Waals surface area (Å²) in [6, 6.07) is 15.2. The normalized spacial score (nSPS) is 10.8. The van der Waals surface area contributed by atoms with Gasteiger partial charge < -0.3 is 24.1 Å². The standard InChI is InChI=1S/C29H26N6O4/c1-6-23(36)34-20-10-7-18(8-11-20)26-24(25-27(35(26)3)31-16-32-28(25)38-5)19-9-12-21(22(15-19)37-4)39-29-30-14-13-17(2)33-29/h6-16H,1H2,2-5H3,(H,34,36). The summed E-state index contributed by atoms with van der Waals surface area (Å²) in [6.07, 6.45) is 4.34. The Morgan fingerprint density at radius 2 is 1.74 bits per heavy atom. The van der Waals surface area contributed by atoms with Gasteiger partial charge in [0.05, 0.1) is 25.3 Å². The van der Waals surface area contributed by atoms with E-state index < -0.39 is 0 Å². The molecule has 0 aliphatic carbocycles. The monoisotopic (exact) mass is 522 g/mol. The summed E-state index contributed by atoms with van der Waals surface area (Å²) in [4.78, 5) is 29.2. The Kier molecular flexibility index (Phi) is 6.92. The molecule has 0 atom stereocenters. The maximum Gasteiger partial charge on any atom is 0.322 e. The van der Waals surface area contributed by atoms with Gasteiger partial charge in [0.2, 0.25) is 11.8 Å². The fourth-order valence-electron chi connectivity index (χ4n) is 4.39. The molecule has 0 aliphatic heterocycles. The van der Waals surface area contributed by atoms with Crippen LogP contribution >= 0.6 is 0 Å². The van der Waals surface area contributed by atoms with Crippen molar-refractivity contribution in [3.63, 3.8) is 0 Å². The Labute approximate surface area is 224 Å². The van der Waals surface area contributed by atoms with E-state index in [1.54, 1.807) is 26.5 Å². The van der Waals surface area contributed by atoms with E-state index in [1.165, 1.54) is 12.4 Å². The molecule has 2 aromatic carbocycles. The van der Waals surface area contributed by atoms with Crippen LogP contribution < -0.4 is 19.5 Å². The number of methoxy groups -OCH3 is 2. The average Bonchev–Trinajstić information content (AvgIpc) is 3.26. The number of hydrogen-bond acceptors (Lipinski definition) is 8. The summed E-state index contributed by atoms with van der Waals surface area (Å²) in [6.45, 7) is 5.37. The third kappa shape index (κ3) is 4.87. The molecular weight excluding hydrogens is 496 g/mol. The lowest BCUT2D eigenvalue weighted by atomic mass is 9.98. The Bertz CT molecular complexity index is 1690. The zero-order valence-corrected chi connectivity index (χ0v) is 21.9. The maximum absolute atomic E-state index is 11.7. The van der Waals surface area contributed by atoms with Gasteiger partial charge in [-0.3, -0.25) is 4.79 Å². The molecule has 1 amide bonds. The topological polar surface area (TPSA) is 113 Å². The summed E-state index contributed by atoms with van der Waals surface area (Å²) in [5.41, 5.74) is 5.61. The predicted molar refractivity (Wildman–Crippen MR) is 148 cm³/mol. The van der Waals surface area contributed by atoms with Crippen LogP contribution in [0.25, 0.3) is 33.4 Å². The molecule has 0 saturated heterocycles. The smallest absolute Gasteiger partial charge is 0.322 e. The zero-order valence-electron chi connectivity index (χ0n) is 21.9. The summed E-state index contributed by atoms with van der Waals surface area (Å²) in [7, 11) is 5.09. The van der Waals surface area contributed by atoms with Gasteiger partial charge in [0.25, 0.3) is 0 Å². The highest BCUT2D eigenvalue weighted by Gasteiger charge is 2.24. The van der Waals surface area contributed by atoms with E-state index in [4.69, 9.17) is 14.2 Å². The number of ether oxygens (including phenoxy) is 3. The Morgan fingerprint density at radius 1 is 0.974 bits per heavy atom. The van der Waals surface area contributed by atoms with Gasteiger partial charge in [-0.2, -0.15) is 0 Å². The van der Waals surface area contributed by atoms with E-state index in [0.717, 1.165) is 33.5 Å². The minimum Gasteiger partial charge on any atom is -0.493 e. The fourth-order valence-corrected chi connectivity index (χ4v) is 4.39. The third-order valence-electron chi connectivity index (χ3n) is 6.16. The molecule has 0 unspecified atom stereocenters. The van der Waals surface area contributed by atoms with Crippen LogP contribution in [0, 0.1) is 6.92 Å². The first-order chi connectivity index (χ1) is 18.9. The molecule has 3 aromatic heterocycles. The number of anilines is 1. The van der Waals surface area contributed by atoms with Crippen molar-refractivity contribution in [3.8, 4) is 45.8 Å². The molecule has 5 rings (SSSR count). The minimum atomic E-state index is -0.279. The molecule has 10 nitrogen and oxygen atoms in total. The Balaban J connectivity index is 1.67. The highest BCUT2D eigenvalue weighted by Crippen LogP contribution is 2.45. The first-order valence-electron chi connectivity index (χ1n) is 12.0. The molecule has 10 heteroatoms. The third-order valence-corrected chi connectivity index (χ3v) is 6.16. The van der Waals surface area contributed by atoms with Crippen molar-refractivity contribution in [1.29, 1.82) is 0 Å². The molecule has 3 heterocycles. The van der Waals surface area contributed by atoms with Crippen LogP contribution in [0.5, 0.6) is 23.4 Å². The van der Waals surface area contributed by atoms with Crippen molar-refractivity contribution in [3.05, 3.63) is 79.4 Å². The molecular formula is C29H26N6O4. The highest BCUT2D eigenvalue weighted by atomic mass is 16.5. The van der Waals surface area contributed by atoms with E-state index in [0.29, 0.717) is 28.7 Å². The average molecular weight is 523 g/mol. The molecule has 0 bridgehead atoms. The van der Waals surface area contributed by atoms with Gasteiger partial charge in [-0.15, -0.1) is 0 Å². The second-order valence-electron chi connectivity index (χ2n) is 8.58. The van der Waals surface area contributed by atoms with Gasteiger partial charge in [0.15, 0.2) is 11.5 Å². The fraction of sp³-hybridized carbons (Fsp3) is 0.138. The van der Waals surface area contributed by atoms with Gasteiger partial charge >= 0.3 is 6.01 Å². The van der Waals surface area contributed by atoms with Gasteiger partial charge in [-0.05, 0) is 54.5 Å². The maximum atomic E-state index is 11.7. The number of aryl methyl sites for hydroxylation is 2. The predicted octanol–water partition coefficient (Wildman–Crippen LogP) is 5.33. The summed E-state index contributed by atoms with van der Waals surface area (Å²) < 4.78 is 19.3. The summed E-state index contributed by atoms with van der Waals surface area (Å²) >= 11 is 0. The zero-order chi connectivity index (χ0) is 27.5. The van der Waals surface area contributed by atoms with Crippen molar-refractivity contribution in [2.75, 3.05) is 19.5 Å². The number of carbonyl (C=O) groups excluding carboxylic acids is 1. The van der Waals surface area contributed by atoms with Crippen LogP contribution in [-0.2, 0) is 11.8 Å². The highest BCUT2D eigenvalue weighted by molar-refractivity contribution is 6.06. The number of carbonyl (C=O) groups is 1. The van der Waals surface area contributed by atoms with Crippen molar-refractivity contribution in [1.82, 2.24) is 24.5 Å². The second kappa shape index (κ2) is 10.6. The number of fused-ring (bicyclic) bond motifs is 1.